The zero-order chi connectivity index (χ0) is 33.0. The molecule has 0 spiro atoms. The molecule has 2 nitrogen and oxygen atoms in total. The first-order valence-electron chi connectivity index (χ1n) is 16.9. The first kappa shape index (κ1) is 29.1. The molecule has 2 heteroatoms. The highest BCUT2D eigenvalue weighted by Gasteiger charge is 2.36. The summed E-state index contributed by atoms with van der Waals surface area (Å²) < 4.78 is 0. The predicted molar refractivity (Wildman–Crippen MR) is 204 cm³/mol. The molecule has 232 valence electrons. The molecule has 49 heavy (non-hydrogen) atoms. The quantitative estimate of drug-likeness (QED) is 0.190. The summed E-state index contributed by atoms with van der Waals surface area (Å²) in [6.07, 6.45) is 0. The molecular weight excluding hydrogens is 593 g/mol. The van der Waals surface area contributed by atoms with Gasteiger partial charge in [0.1, 0.15) is 0 Å². The number of fused-ring (bicyclic) bond motifs is 4. The molecule has 0 fully saturated rings. The van der Waals surface area contributed by atoms with Crippen LogP contribution in [-0.2, 0) is 5.41 Å². The second kappa shape index (κ2) is 11.5. The van der Waals surface area contributed by atoms with Gasteiger partial charge in [-0.25, -0.2) is 9.97 Å². The van der Waals surface area contributed by atoms with E-state index in [0.29, 0.717) is 5.82 Å². The first-order chi connectivity index (χ1) is 24.1. The molecule has 7 aromatic carbocycles. The van der Waals surface area contributed by atoms with Gasteiger partial charge in [-0.1, -0.05) is 178 Å². The van der Waals surface area contributed by atoms with Gasteiger partial charge in [-0.3, -0.25) is 0 Å². The third-order valence-electron chi connectivity index (χ3n) is 10.1. The van der Waals surface area contributed by atoms with Crippen LogP contribution in [0.5, 0.6) is 0 Å². The van der Waals surface area contributed by atoms with Crippen LogP contribution < -0.4 is 0 Å². The topological polar surface area (TPSA) is 25.8 Å². The predicted octanol–water partition coefficient (Wildman–Crippen LogP) is 12.3. The summed E-state index contributed by atoms with van der Waals surface area (Å²) in [5.74, 6) is 0.712. The van der Waals surface area contributed by atoms with E-state index in [0.717, 1.165) is 28.1 Å². The molecule has 0 atom stereocenters. The average molecular weight is 627 g/mol. The van der Waals surface area contributed by atoms with E-state index in [2.05, 4.69) is 172 Å². The minimum atomic E-state index is -0.0534. The Morgan fingerprint density at radius 1 is 0.367 bits per heavy atom. The number of hydrogen-bond donors (Lipinski definition) is 0. The molecule has 1 aromatic heterocycles. The van der Waals surface area contributed by atoms with Gasteiger partial charge in [0, 0.05) is 22.1 Å². The summed E-state index contributed by atoms with van der Waals surface area (Å²) in [5, 5.41) is 2.38. The van der Waals surface area contributed by atoms with Crippen molar-refractivity contribution in [2.45, 2.75) is 19.3 Å². The van der Waals surface area contributed by atoms with Gasteiger partial charge in [0.05, 0.1) is 11.4 Å². The summed E-state index contributed by atoms with van der Waals surface area (Å²) in [4.78, 5) is 10.4. The van der Waals surface area contributed by atoms with E-state index in [1.54, 1.807) is 0 Å². The van der Waals surface area contributed by atoms with Gasteiger partial charge in [0.2, 0.25) is 0 Å². The third-order valence-corrected chi connectivity index (χ3v) is 10.1. The van der Waals surface area contributed by atoms with E-state index >= 15 is 0 Å². The van der Waals surface area contributed by atoms with Crippen molar-refractivity contribution < 1.29 is 0 Å². The fourth-order valence-electron chi connectivity index (χ4n) is 7.65. The molecule has 1 aliphatic rings. The van der Waals surface area contributed by atoms with Crippen molar-refractivity contribution in [3.05, 3.63) is 181 Å². The van der Waals surface area contributed by atoms with Gasteiger partial charge in [0.15, 0.2) is 5.82 Å². The van der Waals surface area contributed by atoms with E-state index in [4.69, 9.17) is 9.97 Å². The molecule has 0 radical (unpaired) electrons. The average Bonchev–Trinajstić information content (AvgIpc) is 3.41. The van der Waals surface area contributed by atoms with Crippen LogP contribution in [0.15, 0.2) is 170 Å². The van der Waals surface area contributed by atoms with Crippen molar-refractivity contribution in [3.63, 3.8) is 0 Å². The van der Waals surface area contributed by atoms with Gasteiger partial charge in [-0.05, 0) is 61.3 Å². The highest BCUT2D eigenvalue weighted by Crippen LogP contribution is 2.52. The van der Waals surface area contributed by atoms with Crippen molar-refractivity contribution in [2.24, 2.45) is 0 Å². The SMILES string of the molecule is CC1(C)c2ccccc2-c2c(-c3ccc(-c4cc(-c5ccccc5)nc(-c5ccc(-c6ccccc6)cc5)n4)c4ccccc34)cccc21. The lowest BCUT2D eigenvalue weighted by Crippen LogP contribution is -2.14. The number of benzene rings is 7. The second-order valence-corrected chi connectivity index (χ2v) is 13.4. The number of hydrogen-bond acceptors (Lipinski definition) is 2. The summed E-state index contributed by atoms with van der Waals surface area (Å²) in [6, 6.07) is 60.6. The fourth-order valence-corrected chi connectivity index (χ4v) is 7.65. The molecule has 0 N–H and O–H groups in total. The van der Waals surface area contributed by atoms with E-state index in [1.165, 1.54) is 55.3 Å². The summed E-state index contributed by atoms with van der Waals surface area (Å²) >= 11 is 0. The highest BCUT2D eigenvalue weighted by atomic mass is 14.9. The van der Waals surface area contributed by atoms with Gasteiger partial charge >= 0.3 is 0 Å². The van der Waals surface area contributed by atoms with Gasteiger partial charge < -0.3 is 0 Å². The molecule has 1 heterocycles. The Labute approximate surface area is 287 Å². The molecule has 0 saturated heterocycles. The van der Waals surface area contributed by atoms with Crippen molar-refractivity contribution in [1.82, 2.24) is 9.97 Å². The molecule has 0 unspecified atom stereocenters. The highest BCUT2D eigenvalue weighted by molar-refractivity contribution is 6.08. The maximum absolute atomic E-state index is 5.25. The Kier molecular flexibility index (Phi) is 6.84. The minimum absolute atomic E-state index is 0.0534. The van der Waals surface area contributed by atoms with Gasteiger partial charge in [0.25, 0.3) is 0 Å². The smallest absolute Gasteiger partial charge is 0.160 e. The summed E-state index contributed by atoms with van der Waals surface area (Å²) in [5.41, 5.74) is 15.2. The normalized spacial score (nSPS) is 12.9. The van der Waals surface area contributed by atoms with Crippen LogP contribution >= 0.6 is 0 Å². The second-order valence-electron chi connectivity index (χ2n) is 13.4. The molecule has 9 rings (SSSR count). The zero-order valence-electron chi connectivity index (χ0n) is 27.6. The van der Waals surface area contributed by atoms with Crippen molar-refractivity contribution in [2.75, 3.05) is 0 Å². The van der Waals surface area contributed by atoms with Crippen LogP contribution in [0.4, 0.5) is 0 Å². The van der Waals surface area contributed by atoms with E-state index in [1.807, 2.05) is 12.1 Å². The van der Waals surface area contributed by atoms with Gasteiger partial charge in [-0.2, -0.15) is 0 Å². The Morgan fingerprint density at radius 2 is 0.898 bits per heavy atom. The standard InChI is InChI=1S/C47H34N2/c1-47(2)41-22-12-11-20-40(41)45-39(21-13-23-42(45)47)37-28-29-38(36-19-10-9-18-35(36)37)44-30-43(33-16-7-4-8-17-33)48-46(49-44)34-26-24-32(25-27-34)31-14-5-3-6-15-31/h3-30H,1-2H3. The van der Waals surface area contributed by atoms with Crippen molar-refractivity contribution in [1.29, 1.82) is 0 Å². The molecule has 0 bridgehead atoms. The zero-order valence-corrected chi connectivity index (χ0v) is 27.6. The van der Waals surface area contributed by atoms with Crippen LogP contribution in [0.2, 0.25) is 0 Å². The van der Waals surface area contributed by atoms with Crippen LogP contribution in [0, 0.1) is 0 Å². The Balaban J connectivity index is 1.22. The van der Waals surface area contributed by atoms with E-state index in [9.17, 15) is 0 Å². The van der Waals surface area contributed by atoms with Crippen LogP contribution in [-0.4, -0.2) is 9.97 Å². The number of rotatable bonds is 5. The number of aromatic nitrogens is 2. The molecular formula is C47H34N2. The lowest BCUT2D eigenvalue weighted by Gasteiger charge is -2.22. The lowest BCUT2D eigenvalue weighted by molar-refractivity contribution is 0.660. The molecule has 0 aliphatic heterocycles. The maximum Gasteiger partial charge on any atom is 0.160 e. The largest absolute Gasteiger partial charge is 0.228 e. The fraction of sp³-hybridized carbons (Fsp3) is 0.0638. The van der Waals surface area contributed by atoms with Crippen LogP contribution in [0.25, 0.3) is 78.1 Å². The van der Waals surface area contributed by atoms with Crippen molar-refractivity contribution >= 4 is 10.8 Å². The Bertz CT molecular complexity index is 2490. The first-order valence-corrected chi connectivity index (χ1v) is 16.9. The monoisotopic (exact) mass is 626 g/mol. The van der Waals surface area contributed by atoms with Gasteiger partial charge in [-0.15, -0.1) is 0 Å². The van der Waals surface area contributed by atoms with Crippen molar-refractivity contribution in [3.8, 4) is 67.3 Å². The lowest BCUT2D eigenvalue weighted by atomic mass is 9.81. The molecule has 0 amide bonds. The summed E-state index contributed by atoms with van der Waals surface area (Å²) in [6.45, 7) is 4.68. The molecule has 1 aliphatic carbocycles. The van der Waals surface area contributed by atoms with E-state index < -0.39 is 0 Å². The molecule has 0 saturated carbocycles. The Hall–Kier alpha value is -6.12. The maximum atomic E-state index is 5.25. The Morgan fingerprint density at radius 3 is 1.65 bits per heavy atom. The minimum Gasteiger partial charge on any atom is -0.228 e. The third kappa shape index (κ3) is 4.88. The van der Waals surface area contributed by atoms with Crippen LogP contribution in [0.3, 0.4) is 0 Å². The van der Waals surface area contributed by atoms with E-state index in [-0.39, 0.29) is 5.41 Å². The molecule has 8 aromatic rings. The summed E-state index contributed by atoms with van der Waals surface area (Å²) in [7, 11) is 0. The number of nitrogens with zero attached hydrogens (tertiary/aromatic N) is 2. The van der Waals surface area contributed by atoms with Crippen LogP contribution in [0.1, 0.15) is 25.0 Å².